The van der Waals surface area contributed by atoms with Crippen molar-refractivity contribution in [3.8, 4) is 0 Å². The highest BCUT2D eigenvalue weighted by Crippen LogP contribution is 2.27. The number of ether oxygens (including phenoxy) is 2. The summed E-state index contributed by atoms with van der Waals surface area (Å²) in [6.45, 7) is 3.85. The molecule has 0 saturated carbocycles. The average Bonchev–Trinajstić information content (AvgIpc) is 2.45. The maximum Gasteiger partial charge on any atom is 0.183 e. The van der Waals surface area contributed by atoms with Crippen LogP contribution in [0.3, 0.4) is 0 Å². The molecule has 0 aliphatic carbocycles. The highest BCUT2D eigenvalue weighted by atomic mass is 16.7. The van der Waals surface area contributed by atoms with Crippen LogP contribution in [0.2, 0.25) is 0 Å². The van der Waals surface area contributed by atoms with Gasteiger partial charge in [-0.3, -0.25) is 0 Å². The van der Waals surface area contributed by atoms with Crippen LogP contribution >= 0.6 is 0 Å². The van der Waals surface area contributed by atoms with Crippen LogP contribution in [0.4, 0.5) is 5.69 Å². The summed E-state index contributed by atoms with van der Waals surface area (Å²) in [5.74, 6) is 0.557. The summed E-state index contributed by atoms with van der Waals surface area (Å²) in [5, 5.41) is 0. The van der Waals surface area contributed by atoms with E-state index in [1.165, 1.54) is 32.1 Å². The van der Waals surface area contributed by atoms with Crippen molar-refractivity contribution in [1.29, 1.82) is 0 Å². The molecule has 1 aromatic carbocycles. The molecule has 19 heavy (non-hydrogen) atoms. The Labute approximate surface area is 116 Å². The van der Waals surface area contributed by atoms with Gasteiger partial charge in [0.25, 0.3) is 0 Å². The van der Waals surface area contributed by atoms with Gasteiger partial charge in [-0.1, -0.05) is 44.7 Å². The molecular weight excluding hydrogens is 238 g/mol. The topological polar surface area (TPSA) is 44.5 Å². The van der Waals surface area contributed by atoms with Gasteiger partial charge in [-0.15, -0.1) is 0 Å². The number of rotatable bonds is 6. The van der Waals surface area contributed by atoms with Gasteiger partial charge < -0.3 is 15.2 Å². The molecule has 0 bridgehead atoms. The normalized spacial score (nSPS) is 23.4. The van der Waals surface area contributed by atoms with E-state index in [0.29, 0.717) is 5.92 Å². The van der Waals surface area contributed by atoms with Crippen LogP contribution in [0.15, 0.2) is 24.3 Å². The van der Waals surface area contributed by atoms with Crippen LogP contribution in [0.25, 0.3) is 0 Å². The van der Waals surface area contributed by atoms with Crippen molar-refractivity contribution < 1.29 is 9.47 Å². The molecule has 0 atom stereocenters. The molecule has 3 nitrogen and oxygen atoms in total. The zero-order valence-corrected chi connectivity index (χ0v) is 11.8. The van der Waals surface area contributed by atoms with Crippen molar-refractivity contribution in [2.45, 2.75) is 45.3 Å². The van der Waals surface area contributed by atoms with E-state index in [4.69, 9.17) is 15.2 Å². The molecule has 0 amide bonds. The first kappa shape index (κ1) is 14.4. The summed E-state index contributed by atoms with van der Waals surface area (Å²) in [6.07, 6.45) is 6.24. The largest absolute Gasteiger partial charge is 0.399 e. The highest BCUT2D eigenvalue weighted by Gasteiger charge is 2.22. The van der Waals surface area contributed by atoms with Crippen LogP contribution in [0.1, 0.15) is 50.9 Å². The molecule has 0 radical (unpaired) electrons. The first-order valence-corrected chi connectivity index (χ1v) is 7.38. The average molecular weight is 263 g/mol. The van der Waals surface area contributed by atoms with Gasteiger partial charge in [0.05, 0.1) is 13.2 Å². The van der Waals surface area contributed by atoms with Crippen LogP contribution in [-0.4, -0.2) is 13.2 Å². The fraction of sp³-hybridized carbons (Fsp3) is 0.625. The number of hydrogen-bond donors (Lipinski definition) is 1. The van der Waals surface area contributed by atoms with Crippen LogP contribution in [0, 0.1) is 5.92 Å². The fourth-order valence-electron chi connectivity index (χ4n) is 2.42. The summed E-state index contributed by atoms with van der Waals surface area (Å²) in [7, 11) is 0. The molecule has 1 heterocycles. The Hall–Kier alpha value is -1.06. The number of nitrogens with two attached hydrogens (primary N) is 1. The van der Waals surface area contributed by atoms with Crippen molar-refractivity contribution in [1.82, 2.24) is 0 Å². The summed E-state index contributed by atoms with van der Waals surface area (Å²) in [5.41, 5.74) is 7.50. The van der Waals surface area contributed by atoms with Crippen LogP contribution in [0.5, 0.6) is 0 Å². The summed E-state index contributed by atoms with van der Waals surface area (Å²) in [4.78, 5) is 0. The Morgan fingerprint density at radius 1 is 1.05 bits per heavy atom. The van der Waals surface area contributed by atoms with E-state index >= 15 is 0 Å². The van der Waals surface area contributed by atoms with Crippen molar-refractivity contribution in [2.24, 2.45) is 5.92 Å². The van der Waals surface area contributed by atoms with Crippen molar-refractivity contribution in [2.75, 3.05) is 18.9 Å². The van der Waals surface area contributed by atoms with Gasteiger partial charge in [-0.25, -0.2) is 0 Å². The predicted octanol–water partition coefficient (Wildman–Crippen LogP) is 3.90. The van der Waals surface area contributed by atoms with E-state index in [1.807, 2.05) is 24.3 Å². The molecule has 106 valence electrons. The number of benzene rings is 1. The number of nitrogen functional groups attached to an aromatic ring is 1. The van der Waals surface area contributed by atoms with Gasteiger partial charge in [-0.2, -0.15) is 0 Å². The molecule has 0 unspecified atom stereocenters. The minimum absolute atomic E-state index is 0.215. The number of anilines is 1. The van der Waals surface area contributed by atoms with Gasteiger partial charge in [0.2, 0.25) is 0 Å². The zero-order chi connectivity index (χ0) is 13.5. The molecule has 1 aliphatic heterocycles. The maximum atomic E-state index is 5.81. The summed E-state index contributed by atoms with van der Waals surface area (Å²) >= 11 is 0. The van der Waals surface area contributed by atoms with Gasteiger partial charge >= 0.3 is 0 Å². The second-order valence-electron chi connectivity index (χ2n) is 5.38. The summed E-state index contributed by atoms with van der Waals surface area (Å²) in [6, 6.07) is 7.72. The van der Waals surface area contributed by atoms with Gasteiger partial charge in [0, 0.05) is 17.2 Å². The highest BCUT2D eigenvalue weighted by molar-refractivity contribution is 5.39. The predicted molar refractivity (Wildman–Crippen MR) is 77.7 cm³/mol. The van der Waals surface area contributed by atoms with Gasteiger partial charge in [0.15, 0.2) is 6.29 Å². The van der Waals surface area contributed by atoms with Crippen molar-refractivity contribution in [3.63, 3.8) is 0 Å². The molecule has 2 rings (SSSR count). The molecule has 1 fully saturated rings. The molecule has 1 aliphatic rings. The minimum Gasteiger partial charge on any atom is -0.399 e. The second-order valence-corrected chi connectivity index (χ2v) is 5.38. The van der Waals surface area contributed by atoms with E-state index in [2.05, 4.69) is 6.92 Å². The third kappa shape index (κ3) is 4.51. The number of unbranched alkanes of at least 4 members (excludes halogenated alkanes) is 3. The quantitative estimate of drug-likeness (QED) is 0.625. The lowest BCUT2D eigenvalue weighted by Crippen LogP contribution is -2.27. The van der Waals surface area contributed by atoms with Gasteiger partial charge in [0.1, 0.15) is 0 Å². The Balaban J connectivity index is 1.71. The third-order valence-electron chi connectivity index (χ3n) is 3.64. The molecule has 1 aromatic rings. The van der Waals surface area contributed by atoms with E-state index in [9.17, 15) is 0 Å². The van der Waals surface area contributed by atoms with Gasteiger partial charge in [-0.05, 0) is 18.6 Å². The molecule has 1 saturated heterocycles. The first-order chi connectivity index (χ1) is 9.29. The third-order valence-corrected chi connectivity index (χ3v) is 3.64. The minimum atomic E-state index is -0.215. The van der Waals surface area contributed by atoms with E-state index < -0.39 is 0 Å². The Morgan fingerprint density at radius 2 is 1.74 bits per heavy atom. The second kappa shape index (κ2) is 7.51. The Bertz CT molecular complexity index is 356. The molecule has 0 spiro atoms. The SMILES string of the molecule is CCCCCC[C@H]1CO[C@H](c2ccc(N)cc2)OC1. The van der Waals surface area contributed by atoms with E-state index in [1.54, 1.807) is 0 Å². The Kier molecular flexibility index (Phi) is 5.67. The first-order valence-electron chi connectivity index (χ1n) is 7.38. The number of hydrogen-bond acceptors (Lipinski definition) is 3. The maximum absolute atomic E-state index is 5.81. The van der Waals surface area contributed by atoms with E-state index in [0.717, 1.165) is 24.5 Å². The standard InChI is InChI=1S/C16H25NO2/c1-2-3-4-5-6-13-11-18-16(19-12-13)14-7-9-15(17)10-8-14/h7-10,13,16H,2-6,11-12,17H2,1H3/t13-,16-. The zero-order valence-electron chi connectivity index (χ0n) is 11.8. The lowest BCUT2D eigenvalue weighted by atomic mass is 10.0. The lowest BCUT2D eigenvalue weighted by Gasteiger charge is -2.29. The monoisotopic (exact) mass is 263 g/mol. The molecule has 2 N–H and O–H groups in total. The van der Waals surface area contributed by atoms with Crippen molar-refractivity contribution in [3.05, 3.63) is 29.8 Å². The van der Waals surface area contributed by atoms with Crippen LogP contribution in [-0.2, 0) is 9.47 Å². The van der Waals surface area contributed by atoms with Crippen molar-refractivity contribution >= 4 is 5.69 Å². The Morgan fingerprint density at radius 3 is 2.37 bits per heavy atom. The lowest BCUT2D eigenvalue weighted by molar-refractivity contribution is -0.206. The molecular formula is C16H25NO2. The summed E-state index contributed by atoms with van der Waals surface area (Å²) < 4.78 is 11.6. The fourth-order valence-corrected chi connectivity index (χ4v) is 2.42. The van der Waals surface area contributed by atoms with E-state index in [-0.39, 0.29) is 6.29 Å². The smallest absolute Gasteiger partial charge is 0.183 e. The molecule has 3 heteroatoms. The molecule has 0 aromatic heterocycles. The van der Waals surface area contributed by atoms with Crippen LogP contribution < -0.4 is 5.73 Å².